The molecule has 0 aromatic carbocycles. The number of carboxylic acid groups (broad SMARTS) is 1. The van der Waals surface area contributed by atoms with Gasteiger partial charge in [0.15, 0.2) is 0 Å². The van der Waals surface area contributed by atoms with E-state index in [1.54, 1.807) is 0 Å². The summed E-state index contributed by atoms with van der Waals surface area (Å²) in [5.74, 6) is 0.133. The van der Waals surface area contributed by atoms with Gasteiger partial charge in [-0.3, -0.25) is 14.5 Å². The van der Waals surface area contributed by atoms with Crippen molar-refractivity contribution in [3.63, 3.8) is 0 Å². The Hall–Kier alpha value is -1.10. The van der Waals surface area contributed by atoms with E-state index >= 15 is 0 Å². The lowest BCUT2D eigenvalue weighted by Crippen LogP contribution is -2.50. The Labute approximate surface area is 127 Å². The Morgan fingerprint density at radius 3 is 2.38 bits per heavy atom. The second-order valence-electron chi connectivity index (χ2n) is 6.78. The summed E-state index contributed by atoms with van der Waals surface area (Å²) in [6.45, 7) is 6.73. The summed E-state index contributed by atoms with van der Waals surface area (Å²) in [4.78, 5) is 27.5. The number of rotatable bonds is 5. The summed E-state index contributed by atoms with van der Waals surface area (Å²) < 4.78 is 0. The summed E-state index contributed by atoms with van der Waals surface area (Å²) >= 11 is 0. The maximum atomic E-state index is 12.1. The number of hydrogen-bond donors (Lipinski definition) is 1. The summed E-state index contributed by atoms with van der Waals surface area (Å²) in [6, 6.07) is 0.0286. The predicted molar refractivity (Wildman–Crippen MR) is 81.0 cm³/mol. The van der Waals surface area contributed by atoms with E-state index in [0.717, 1.165) is 51.7 Å². The van der Waals surface area contributed by atoms with Gasteiger partial charge in [-0.1, -0.05) is 13.8 Å². The molecular formula is C16H28N2O3. The molecule has 1 N–H and O–H groups in total. The SMILES string of the molecule is CC(C)CCC(=O)N1CCC(N2CCCC2C(=O)O)CC1. The van der Waals surface area contributed by atoms with Crippen molar-refractivity contribution < 1.29 is 14.7 Å². The fourth-order valence-electron chi connectivity index (χ4n) is 3.51. The molecule has 2 rings (SSSR count). The molecule has 1 atom stereocenters. The highest BCUT2D eigenvalue weighted by Crippen LogP contribution is 2.26. The Bertz CT molecular complexity index is 376. The maximum absolute atomic E-state index is 12.1. The Morgan fingerprint density at radius 1 is 1.14 bits per heavy atom. The zero-order valence-electron chi connectivity index (χ0n) is 13.3. The third kappa shape index (κ3) is 4.19. The number of likely N-dealkylation sites (tertiary alicyclic amines) is 2. The maximum Gasteiger partial charge on any atom is 0.320 e. The molecule has 0 radical (unpaired) electrons. The first kappa shape index (κ1) is 16.3. The van der Waals surface area contributed by atoms with E-state index < -0.39 is 5.97 Å². The second-order valence-corrected chi connectivity index (χ2v) is 6.78. The van der Waals surface area contributed by atoms with Gasteiger partial charge in [0.2, 0.25) is 5.91 Å². The van der Waals surface area contributed by atoms with Crippen LogP contribution in [-0.4, -0.2) is 58.5 Å². The van der Waals surface area contributed by atoms with E-state index in [1.165, 1.54) is 0 Å². The van der Waals surface area contributed by atoms with E-state index in [9.17, 15) is 14.7 Å². The number of piperidine rings is 1. The molecule has 2 aliphatic rings. The van der Waals surface area contributed by atoms with Crippen molar-refractivity contribution in [1.82, 2.24) is 9.80 Å². The van der Waals surface area contributed by atoms with Gasteiger partial charge >= 0.3 is 5.97 Å². The summed E-state index contributed by atoms with van der Waals surface area (Å²) in [5, 5.41) is 9.27. The molecule has 1 amide bonds. The number of carbonyl (C=O) groups excluding carboxylic acids is 1. The second kappa shape index (κ2) is 7.25. The van der Waals surface area contributed by atoms with E-state index in [1.807, 2.05) is 4.90 Å². The van der Waals surface area contributed by atoms with Gasteiger partial charge in [0.05, 0.1) is 0 Å². The monoisotopic (exact) mass is 296 g/mol. The van der Waals surface area contributed by atoms with E-state index in [-0.39, 0.29) is 11.9 Å². The molecule has 5 nitrogen and oxygen atoms in total. The van der Waals surface area contributed by atoms with Gasteiger partial charge in [-0.25, -0.2) is 0 Å². The molecule has 0 saturated carbocycles. The van der Waals surface area contributed by atoms with Crippen molar-refractivity contribution in [1.29, 1.82) is 0 Å². The van der Waals surface area contributed by atoms with E-state index in [2.05, 4.69) is 18.7 Å². The van der Waals surface area contributed by atoms with Crippen LogP contribution in [0.15, 0.2) is 0 Å². The van der Waals surface area contributed by atoms with Crippen molar-refractivity contribution in [2.24, 2.45) is 5.92 Å². The Balaban J connectivity index is 1.80. The van der Waals surface area contributed by atoms with Crippen molar-refractivity contribution in [2.45, 2.75) is 64.5 Å². The summed E-state index contributed by atoms with van der Waals surface area (Å²) in [7, 11) is 0. The van der Waals surface area contributed by atoms with Crippen LogP contribution in [0.25, 0.3) is 0 Å². The third-order valence-electron chi connectivity index (χ3n) is 4.80. The van der Waals surface area contributed by atoms with Crippen LogP contribution in [0.2, 0.25) is 0 Å². The van der Waals surface area contributed by atoms with Gasteiger partial charge in [0.1, 0.15) is 6.04 Å². The number of amides is 1. The first-order valence-corrected chi connectivity index (χ1v) is 8.25. The van der Waals surface area contributed by atoms with Gasteiger partial charge in [-0.15, -0.1) is 0 Å². The molecule has 1 unspecified atom stereocenters. The summed E-state index contributed by atoms with van der Waals surface area (Å²) in [5.41, 5.74) is 0. The molecule has 2 heterocycles. The molecule has 0 aromatic rings. The zero-order valence-corrected chi connectivity index (χ0v) is 13.3. The van der Waals surface area contributed by atoms with Gasteiger partial charge in [0.25, 0.3) is 0 Å². The van der Waals surface area contributed by atoms with Crippen LogP contribution in [0.1, 0.15) is 52.4 Å². The first-order valence-electron chi connectivity index (χ1n) is 8.25. The number of carbonyl (C=O) groups is 2. The molecule has 2 saturated heterocycles. The van der Waals surface area contributed by atoms with Crippen LogP contribution in [0.5, 0.6) is 0 Å². The fourth-order valence-corrected chi connectivity index (χ4v) is 3.51. The average Bonchev–Trinajstić information content (AvgIpc) is 2.94. The third-order valence-corrected chi connectivity index (χ3v) is 4.80. The van der Waals surface area contributed by atoms with Crippen molar-refractivity contribution in [3.8, 4) is 0 Å². The highest BCUT2D eigenvalue weighted by molar-refractivity contribution is 5.76. The molecule has 2 aliphatic heterocycles. The van der Waals surface area contributed by atoms with Crippen LogP contribution in [0.3, 0.4) is 0 Å². The molecule has 5 heteroatoms. The molecule has 0 aliphatic carbocycles. The highest BCUT2D eigenvalue weighted by Gasteiger charge is 2.37. The molecule has 0 aromatic heterocycles. The molecular weight excluding hydrogens is 268 g/mol. The van der Waals surface area contributed by atoms with Gasteiger partial charge in [-0.05, 0) is 44.6 Å². The predicted octanol–water partition coefficient (Wildman–Crippen LogP) is 1.96. The summed E-state index contributed by atoms with van der Waals surface area (Å²) in [6.07, 6.45) is 5.16. The number of aliphatic carboxylic acids is 1. The lowest BCUT2D eigenvalue weighted by molar-refractivity contribution is -0.144. The molecule has 0 spiro atoms. The van der Waals surface area contributed by atoms with Crippen LogP contribution < -0.4 is 0 Å². The van der Waals surface area contributed by atoms with Gasteiger partial charge in [0, 0.05) is 25.6 Å². The normalized spacial score (nSPS) is 24.7. The molecule has 21 heavy (non-hydrogen) atoms. The number of hydrogen-bond acceptors (Lipinski definition) is 3. The Kier molecular flexibility index (Phi) is 5.62. The van der Waals surface area contributed by atoms with Crippen LogP contribution in [0.4, 0.5) is 0 Å². The van der Waals surface area contributed by atoms with Crippen LogP contribution in [0, 0.1) is 5.92 Å². The molecule has 120 valence electrons. The lowest BCUT2D eigenvalue weighted by Gasteiger charge is -2.38. The minimum absolute atomic E-state index is 0.262. The van der Waals surface area contributed by atoms with Crippen molar-refractivity contribution in [2.75, 3.05) is 19.6 Å². The van der Waals surface area contributed by atoms with Crippen molar-refractivity contribution >= 4 is 11.9 Å². The highest BCUT2D eigenvalue weighted by atomic mass is 16.4. The van der Waals surface area contributed by atoms with Gasteiger partial charge < -0.3 is 10.0 Å². The zero-order chi connectivity index (χ0) is 15.4. The smallest absolute Gasteiger partial charge is 0.320 e. The topological polar surface area (TPSA) is 60.9 Å². The minimum Gasteiger partial charge on any atom is -0.480 e. The van der Waals surface area contributed by atoms with E-state index in [4.69, 9.17) is 0 Å². The molecule has 2 fully saturated rings. The Morgan fingerprint density at radius 2 is 1.81 bits per heavy atom. The quantitative estimate of drug-likeness (QED) is 0.842. The largest absolute Gasteiger partial charge is 0.480 e. The lowest BCUT2D eigenvalue weighted by atomic mass is 10.0. The van der Waals surface area contributed by atoms with Gasteiger partial charge in [-0.2, -0.15) is 0 Å². The average molecular weight is 296 g/mol. The van der Waals surface area contributed by atoms with Crippen molar-refractivity contribution in [3.05, 3.63) is 0 Å². The standard InChI is InChI=1S/C16H28N2O3/c1-12(2)5-6-15(19)17-10-7-13(8-11-17)18-9-3-4-14(18)16(20)21/h12-14H,3-11H2,1-2H3,(H,20,21). The van der Waals surface area contributed by atoms with E-state index in [0.29, 0.717) is 18.4 Å². The number of carboxylic acids is 1. The minimum atomic E-state index is -0.692. The number of nitrogens with zero attached hydrogens (tertiary/aromatic N) is 2. The molecule has 0 bridgehead atoms. The van der Waals surface area contributed by atoms with Crippen LogP contribution in [-0.2, 0) is 9.59 Å². The van der Waals surface area contributed by atoms with Crippen LogP contribution >= 0.6 is 0 Å². The fraction of sp³-hybridized carbons (Fsp3) is 0.875. The first-order chi connectivity index (χ1) is 9.99.